The molecule has 0 bridgehead atoms. The summed E-state index contributed by atoms with van der Waals surface area (Å²) in [5, 5.41) is 5.89. The Morgan fingerprint density at radius 2 is 1.86 bits per heavy atom. The van der Waals surface area contributed by atoms with Gasteiger partial charge in [0.05, 0.1) is 23.7 Å². The second kappa shape index (κ2) is 10.6. The van der Waals surface area contributed by atoms with Crippen LogP contribution in [0.4, 0.5) is 4.39 Å². The summed E-state index contributed by atoms with van der Waals surface area (Å²) in [4.78, 5) is 16.6. The van der Waals surface area contributed by atoms with Crippen molar-refractivity contribution in [2.45, 2.75) is 25.7 Å². The summed E-state index contributed by atoms with van der Waals surface area (Å²) in [6.07, 6.45) is 2.73. The second-order valence-corrected chi connectivity index (χ2v) is 7.37. The normalized spacial score (nSPS) is 10.6. The number of nitrogens with one attached hydrogen (secondary N) is 1. The molecule has 1 heterocycles. The lowest BCUT2D eigenvalue weighted by atomic mass is 10.2. The van der Waals surface area contributed by atoms with Crippen LogP contribution in [0.2, 0.25) is 0 Å². The topological polar surface area (TPSA) is 51.2 Å². The lowest BCUT2D eigenvalue weighted by molar-refractivity contribution is -0.120. The number of hydrogen-bond donors (Lipinski definition) is 1. The van der Waals surface area contributed by atoms with Crippen LogP contribution in [0.3, 0.4) is 0 Å². The molecule has 3 aromatic rings. The van der Waals surface area contributed by atoms with E-state index in [1.54, 1.807) is 23.5 Å². The zero-order valence-corrected chi connectivity index (χ0v) is 16.4. The van der Waals surface area contributed by atoms with E-state index in [0.29, 0.717) is 25.3 Å². The first-order valence-electron chi connectivity index (χ1n) is 9.31. The first kappa shape index (κ1) is 20.0. The van der Waals surface area contributed by atoms with E-state index in [1.807, 2.05) is 23.6 Å². The molecule has 0 aliphatic heterocycles. The number of aromatic nitrogens is 1. The second-order valence-electron chi connectivity index (χ2n) is 6.43. The highest BCUT2D eigenvalue weighted by Crippen LogP contribution is 2.15. The maximum atomic E-state index is 12.8. The molecule has 2 aromatic carbocycles. The molecule has 28 heavy (non-hydrogen) atoms. The minimum absolute atomic E-state index is 0.0176. The summed E-state index contributed by atoms with van der Waals surface area (Å²) >= 11 is 1.59. The highest BCUT2D eigenvalue weighted by atomic mass is 32.1. The smallest absolute Gasteiger partial charge is 0.226 e. The third-order valence-electron chi connectivity index (χ3n) is 4.11. The molecule has 0 saturated carbocycles. The van der Waals surface area contributed by atoms with E-state index in [9.17, 15) is 9.18 Å². The predicted octanol–water partition coefficient (Wildman–Crippen LogP) is 4.39. The molecular weight excluding hydrogens is 375 g/mol. The molecule has 0 aliphatic carbocycles. The van der Waals surface area contributed by atoms with Gasteiger partial charge in [-0.3, -0.25) is 4.79 Å². The molecule has 0 atom stereocenters. The lowest BCUT2D eigenvalue weighted by Gasteiger charge is -2.07. The van der Waals surface area contributed by atoms with Crippen molar-refractivity contribution < 1.29 is 13.9 Å². The standard InChI is InChI=1S/C22H23FN2O2S/c23-18-8-10-20(11-9-18)27-13-5-4-12-24-21(26)15-19-16-28-22(25-19)14-17-6-2-1-3-7-17/h1-3,6-11,16H,4-5,12-15H2,(H,24,26). The van der Waals surface area contributed by atoms with Crippen LogP contribution in [-0.2, 0) is 17.6 Å². The Morgan fingerprint density at radius 3 is 2.64 bits per heavy atom. The molecule has 0 unspecified atom stereocenters. The zero-order valence-electron chi connectivity index (χ0n) is 15.6. The number of unbranched alkanes of at least 4 members (excludes halogenated alkanes) is 1. The van der Waals surface area contributed by atoms with Gasteiger partial charge in [0.2, 0.25) is 5.91 Å². The number of ether oxygens (including phenoxy) is 1. The maximum Gasteiger partial charge on any atom is 0.226 e. The molecule has 1 N–H and O–H groups in total. The number of thiazole rings is 1. The first-order chi connectivity index (χ1) is 13.7. The summed E-state index contributed by atoms with van der Waals surface area (Å²) in [5.41, 5.74) is 2.03. The number of amides is 1. The van der Waals surface area contributed by atoms with E-state index in [4.69, 9.17) is 4.74 Å². The van der Waals surface area contributed by atoms with Crippen molar-refractivity contribution in [3.05, 3.63) is 82.1 Å². The van der Waals surface area contributed by atoms with Crippen LogP contribution in [0.1, 0.15) is 29.1 Å². The molecule has 3 rings (SSSR count). The Hall–Kier alpha value is -2.73. The quantitative estimate of drug-likeness (QED) is 0.515. The van der Waals surface area contributed by atoms with Crippen LogP contribution >= 0.6 is 11.3 Å². The Morgan fingerprint density at radius 1 is 1.07 bits per heavy atom. The fourth-order valence-corrected chi connectivity index (χ4v) is 3.51. The maximum absolute atomic E-state index is 12.8. The van der Waals surface area contributed by atoms with Gasteiger partial charge in [-0.25, -0.2) is 9.37 Å². The number of rotatable bonds is 10. The van der Waals surface area contributed by atoms with Gasteiger partial charge < -0.3 is 10.1 Å². The van der Waals surface area contributed by atoms with Gasteiger partial charge >= 0.3 is 0 Å². The Kier molecular flexibility index (Phi) is 7.55. The van der Waals surface area contributed by atoms with Gasteiger partial charge in [-0.05, 0) is 42.7 Å². The summed E-state index contributed by atoms with van der Waals surface area (Å²) in [6.45, 7) is 1.14. The molecule has 0 radical (unpaired) electrons. The Balaban J connectivity index is 1.30. The average Bonchev–Trinajstić information content (AvgIpc) is 3.13. The average molecular weight is 399 g/mol. The molecule has 0 spiro atoms. The number of carbonyl (C=O) groups is 1. The predicted molar refractivity (Wildman–Crippen MR) is 109 cm³/mol. The van der Waals surface area contributed by atoms with Crippen LogP contribution < -0.4 is 10.1 Å². The van der Waals surface area contributed by atoms with Crippen LogP contribution in [-0.4, -0.2) is 24.0 Å². The van der Waals surface area contributed by atoms with Crippen molar-refractivity contribution in [1.29, 1.82) is 0 Å². The molecule has 0 fully saturated rings. The van der Waals surface area contributed by atoms with Gasteiger partial charge in [-0.1, -0.05) is 30.3 Å². The van der Waals surface area contributed by atoms with Crippen LogP contribution in [0, 0.1) is 5.82 Å². The van der Waals surface area contributed by atoms with Crippen molar-refractivity contribution in [3.8, 4) is 5.75 Å². The zero-order chi connectivity index (χ0) is 19.6. The fourth-order valence-electron chi connectivity index (χ4n) is 2.68. The molecule has 6 heteroatoms. The molecule has 146 valence electrons. The molecule has 0 aliphatic rings. The number of nitrogens with zero attached hydrogens (tertiary/aromatic N) is 1. The van der Waals surface area contributed by atoms with E-state index in [-0.39, 0.29) is 11.7 Å². The Bertz CT molecular complexity index is 866. The third kappa shape index (κ3) is 6.78. The lowest BCUT2D eigenvalue weighted by Crippen LogP contribution is -2.26. The van der Waals surface area contributed by atoms with Crippen molar-refractivity contribution >= 4 is 17.2 Å². The minimum Gasteiger partial charge on any atom is -0.494 e. The molecule has 4 nitrogen and oxygen atoms in total. The van der Waals surface area contributed by atoms with Crippen molar-refractivity contribution in [1.82, 2.24) is 10.3 Å². The van der Waals surface area contributed by atoms with Crippen molar-refractivity contribution in [3.63, 3.8) is 0 Å². The highest BCUT2D eigenvalue weighted by molar-refractivity contribution is 7.09. The fraction of sp³-hybridized carbons (Fsp3) is 0.273. The van der Waals surface area contributed by atoms with Gasteiger partial charge in [-0.15, -0.1) is 11.3 Å². The summed E-state index contributed by atoms with van der Waals surface area (Å²) in [7, 11) is 0. The van der Waals surface area contributed by atoms with E-state index in [2.05, 4.69) is 22.4 Å². The molecular formula is C22H23FN2O2S. The van der Waals surface area contributed by atoms with Crippen LogP contribution in [0.25, 0.3) is 0 Å². The molecule has 0 saturated heterocycles. The summed E-state index contributed by atoms with van der Waals surface area (Å²) in [6, 6.07) is 16.1. The van der Waals surface area contributed by atoms with Crippen molar-refractivity contribution in [2.75, 3.05) is 13.2 Å². The summed E-state index contributed by atoms with van der Waals surface area (Å²) in [5.74, 6) is 0.360. The number of hydrogen-bond acceptors (Lipinski definition) is 4. The van der Waals surface area contributed by atoms with E-state index in [0.717, 1.165) is 30.0 Å². The number of carbonyl (C=O) groups excluding carboxylic acids is 1. The van der Waals surface area contributed by atoms with Gasteiger partial charge in [0.1, 0.15) is 11.6 Å². The number of halogens is 1. The SMILES string of the molecule is O=C(Cc1csc(Cc2ccccc2)n1)NCCCCOc1ccc(F)cc1. The van der Waals surface area contributed by atoms with Crippen molar-refractivity contribution in [2.24, 2.45) is 0 Å². The van der Waals surface area contributed by atoms with E-state index in [1.165, 1.54) is 17.7 Å². The first-order valence-corrected chi connectivity index (χ1v) is 10.2. The molecule has 1 amide bonds. The Labute approximate surface area is 168 Å². The largest absolute Gasteiger partial charge is 0.494 e. The van der Waals surface area contributed by atoms with E-state index < -0.39 is 0 Å². The minimum atomic E-state index is -0.276. The van der Waals surface area contributed by atoms with Gasteiger partial charge in [0.25, 0.3) is 0 Å². The van der Waals surface area contributed by atoms with Gasteiger partial charge in [-0.2, -0.15) is 0 Å². The van der Waals surface area contributed by atoms with Gasteiger partial charge in [0.15, 0.2) is 0 Å². The van der Waals surface area contributed by atoms with Gasteiger partial charge in [0, 0.05) is 18.3 Å². The van der Waals surface area contributed by atoms with E-state index >= 15 is 0 Å². The third-order valence-corrected chi connectivity index (χ3v) is 5.01. The number of benzene rings is 2. The van der Waals surface area contributed by atoms with Crippen LogP contribution in [0.15, 0.2) is 60.0 Å². The van der Waals surface area contributed by atoms with Crippen LogP contribution in [0.5, 0.6) is 5.75 Å². The highest BCUT2D eigenvalue weighted by Gasteiger charge is 2.08. The monoisotopic (exact) mass is 398 g/mol. The molecule has 1 aromatic heterocycles. The summed E-state index contributed by atoms with van der Waals surface area (Å²) < 4.78 is 18.3.